The normalized spacial score (nSPS) is 18.4. The van der Waals surface area contributed by atoms with E-state index in [1.807, 2.05) is 4.90 Å². The van der Waals surface area contributed by atoms with Crippen molar-refractivity contribution in [1.82, 2.24) is 19.6 Å². The predicted molar refractivity (Wildman–Crippen MR) is 90.9 cm³/mol. The van der Waals surface area contributed by atoms with Crippen molar-refractivity contribution in [2.24, 2.45) is 0 Å². The van der Waals surface area contributed by atoms with Crippen LogP contribution in [-0.2, 0) is 13.1 Å². The van der Waals surface area contributed by atoms with Crippen LogP contribution in [0.25, 0.3) is 10.9 Å². The molecule has 1 aromatic carbocycles. The van der Waals surface area contributed by atoms with E-state index in [4.69, 9.17) is 4.52 Å². The Balaban J connectivity index is 1.81. The Labute approximate surface area is 152 Å². The fourth-order valence-electron chi connectivity index (χ4n) is 3.62. The van der Waals surface area contributed by atoms with Crippen molar-refractivity contribution in [2.45, 2.75) is 38.1 Å². The van der Waals surface area contributed by atoms with Crippen LogP contribution < -0.4 is 5.56 Å². The summed E-state index contributed by atoms with van der Waals surface area (Å²) in [4.78, 5) is 19.3. The van der Waals surface area contributed by atoms with Crippen LogP contribution in [0.5, 0.6) is 0 Å². The van der Waals surface area contributed by atoms with E-state index in [0.29, 0.717) is 25.0 Å². The number of halogens is 3. The third-order valence-electron chi connectivity index (χ3n) is 4.76. The van der Waals surface area contributed by atoms with Crippen molar-refractivity contribution in [2.75, 3.05) is 6.54 Å². The Kier molecular flexibility index (Phi) is 4.47. The molecule has 3 aromatic rings. The summed E-state index contributed by atoms with van der Waals surface area (Å²) in [5.74, 6) is 0.157. The van der Waals surface area contributed by atoms with Crippen molar-refractivity contribution >= 4 is 10.9 Å². The fraction of sp³-hybridized carbons (Fsp3) is 0.389. The number of rotatable bonds is 4. The third-order valence-corrected chi connectivity index (χ3v) is 4.76. The number of nitrogens with zero attached hydrogens (tertiary/aromatic N) is 4. The van der Waals surface area contributed by atoms with Crippen LogP contribution >= 0.6 is 0 Å². The molecule has 0 saturated carbocycles. The third kappa shape index (κ3) is 3.59. The minimum atomic E-state index is -4.51. The van der Waals surface area contributed by atoms with Gasteiger partial charge >= 0.3 is 6.18 Å². The van der Waals surface area contributed by atoms with Gasteiger partial charge in [0, 0.05) is 12.1 Å². The van der Waals surface area contributed by atoms with Crippen LogP contribution in [0.1, 0.15) is 30.3 Å². The van der Waals surface area contributed by atoms with Gasteiger partial charge < -0.3 is 4.52 Å². The molecule has 1 unspecified atom stereocenters. The van der Waals surface area contributed by atoms with E-state index in [1.54, 1.807) is 24.4 Å². The van der Waals surface area contributed by atoms with Crippen LogP contribution in [0.2, 0.25) is 0 Å². The lowest BCUT2D eigenvalue weighted by molar-refractivity contribution is -0.142. The van der Waals surface area contributed by atoms with Gasteiger partial charge in [-0.1, -0.05) is 17.3 Å². The molecule has 0 amide bonds. The molecule has 0 radical (unpaired) electrons. The van der Waals surface area contributed by atoms with Crippen LogP contribution in [0, 0.1) is 0 Å². The van der Waals surface area contributed by atoms with Gasteiger partial charge in [-0.2, -0.15) is 13.2 Å². The maximum atomic E-state index is 13.2. The van der Waals surface area contributed by atoms with Crippen molar-refractivity contribution in [3.63, 3.8) is 0 Å². The lowest BCUT2D eigenvalue weighted by atomic mass is 10.1. The highest BCUT2D eigenvalue weighted by atomic mass is 19.4. The Morgan fingerprint density at radius 2 is 2.07 bits per heavy atom. The molecule has 9 heteroatoms. The molecule has 0 aliphatic carbocycles. The highest BCUT2D eigenvalue weighted by Gasteiger charge is 2.35. The highest BCUT2D eigenvalue weighted by Crippen LogP contribution is 2.33. The summed E-state index contributed by atoms with van der Waals surface area (Å²) in [6.07, 6.45) is 0.0111. The van der Waals surface area contributed by atoms with Crippen molar-refractivity contribution in [1.29, 1.82) is 0 Å². The summed E-state index contributed by atoms with van der Waals surface area (Å²) in [5.41, 5.74) is 0.574. The predicted octanol–water partition coefficient (Wildman–Crippen LogP) is 3.28. The molecule has 1 fully saturated rings. The topological polar surface area (TPSA) is 64.2 Å². The van der Waals surface area contributed by atoms with Gasteiger partial charge in [0.25, 0.3) is 5.56 Å². The Morgan fingerprint density at radius 3 is 2.81 bits per heavy atom. The van der Waals surface area contributed by atoms with Gasteiger partial charge in [-0.05, 0) is 31.5 Å². The van der Waals surface area contributed by atoms with E-state index in [1.165, 1.54) is 12.3 Å². The molecule has 4 rings (SSSR count). The molecular weight excluding hydrogens is 361 g/mol. The van der Waals surface area contributed by atoms with E-state index < -0.39 is 18.3 Å². The first-order valence-electron chi connectivity index (χ1n) is 8.61. The average Bonchev–Trinajstić information content (AvgIpc) is 3.29. The SMILES string of the molecule is O=c1c2ccccc2nc(C2CCCN2Cc2cnoc2)n1CC(F)(F)F. The van der Waals surface area contributed by atoms with Gasteiger partial charge in [0.15, 0.2) is 0 Å². The molecule has 1 aliphatic rings. The molecule has 1 saturated heterocycles. The van der Waals surface area contributed by atoms with Crippen molar-refractivity contribution in [3.8, 4) is 0 Å². The molecule has 27 heavy (non-hydrogen) atoms. The molecule has 6 nitrogen and oxygen atoms in total. The highest BCUT2D eigenvalue weighted by molar-refractivity contribution is 5.77. The fourth-order valence-corrected chi connectivity index (χ4v) is 3.62. The Bertz CT molecular complexity index is 998. The first-order chi connectivity index (χ1) is 12.9. The van der Waals surface area contributed by atoms with Crippen molar-refractivity contribution < 1.29 is 17.7 Å². The van der Waals surface area contributed by atoms with E-state index >= 15 is 0 Å². The van der Waals surface area contributed by atoms with Gasteiger partial charge in [-0.25, -0.2) is 4.98 Å². The zero-order valence-corrected chi connectivity index (χ0v) is 14.3. The molecule has 0 bridgehead atoms. The first-order valence-corrected chi connectivity index (χ1v) is 8.61. The summed E-state index contributed by atoms with van der Waals surface area (Å²) in [6, 6.07) is 6.12. The summed E-state index contributed by atoms with van der Waals surface area (Å²) < 4.78 is 45.1. The molecule has 1 atom stereocenters. The summed E-state index contributed by atoms with van der Waals surface area (Å²) >= 11 is 0. The average molecular weight is 378 g/mol. The summed E-state index contributed by atoms with van der Waals surface area (Å²) in [7, 11) is 0. The Hall–Kier alpha value is -2.68. The number of aromatic nitrogens is 3. The van der Waals surface area contributed by atoms with Crippen molar-refractivity contribution in [3.05, 3.63) is 58.5 Å². The molecular formula is C18H17F3N4O2. The number of hydrogen-bond acceptors (Lipinski definition) is 5. The minimum Gasteiger partial charge on any atom is -0.364 e. The quantitative estimate of drug-likeness (QED) is 0.697. The zero-order valence-electron chi connectivity index (χ0n) is 14.3. The first kappa shape index (κ1) is 17.7. The molecule has 0 N–H and O–H groups in total. The smallest absolute Gasteiger partial charge is 0.364 e. The van der Waals surface area contributed by atoms with E-state index in [9.17, 15) is 18.0 Å². The number of likely N-dealkylation sites (tertiary alicyclic amines) is 1. The van der Waals surface area contributed by atoms with Crippen LogP contribution in [0.3, 0.4) is 0 Å². The monoisotopic (exact) mass is 378 g/mol. The van der Waals surface area contributed by atoms with E-state index in [-0.39, 0.29) is 17.3 Å². The van der Waals surface area contributed by atoms with Gasteiger partial charge in [0.05, 0.1) is 23.1 Å². The maximum absolute atomic E-state index is 13.2. The van der Waals surface area contributed by atoms with Crippen LogP contribution in [0.15, 0.2) is 46.0 Å². The molecule has 1 aliphatic heterocycles. The Morgan fingerprint density at radius 1 is 1.26 bits per heavy atom. The second-order valence-electron chi connectivity index (χ2n) is 6.65. The second kappa shape index (κ2) is 6.80. The number of para-hydroxylation sites is 1. The number of fused-ring (bicyclic) bond motifs is 1. The summed E-state index contributed by atoms with van der Waals surface area (Å²) in [5, 5.41) is 3.85. The number of benzene rings is 1. The summed E-state index contributed by atoms with van der Waals surface area (Å²) in [6.45, 7) is -0.177. The standard InChI is InChI=1S/C18H17F3N4O2/c19-18(20,21)11-25-16(23-14-5-2-1-4-13(14)17(25)26)15-6-3-7-24(15)9-12-8-22-27-10-12/h1-2,4-5,8,10,15H,3,6-7,9,11H2. The molecule has 0 spiro atoms. The van der Waals surface area contributed by atoms with Gasteiger partial charge in [0.2, 0.25) is 0 Å². The second-order valence-corrected chi connectivity index (χ2v) is 6.65. The lowest BCUT2D eigenvalue weighted by Crippen LogP contribution is -2.35. The molecule has 2 aromatic heterocycles. The van der Waals surface area contributed by atoms with E-state index in [2.05, 4.69) is 10.1 Å². The van der Waals surface area contributed by atoms with Crippen LogP contribution in [-0.4, -0.2) is 32.3 Å². The van der Waals surface area contributed by atoms with Gasteiger partial charge in [0.1, 0.15) is 18.6 Å². The number of hydrogen-bond donors (Lipinski definition) is 0. The lowest BCUT2D eigenvalue weighted by Gasteiger charge is -2.26. The molecule has 142 valence electrons. The van der Waals surface area contributed by atoms with Gasteiger partial charge in [-0.15, -0.1) is 0 Å². The van der Waals surface area contributed by atoms with Crippen LogP contribution in [0.4, 0.5) is 13.2 Å². The van der Waals surface area contributed by atoms with Gasteiger partial charge in [-0.3, -0.25) is 14.3 Å². The van der Waals surface area contributed by atoms with E-state index in [0.717, 1.165) is 16.6 Å². The zero-order chi connectivity index (χ0) is 19.0. The largest absolute Gasteiger partial charge is 0.406 e. The maximum Gasteiger partial charge on any atom is 0.406 e. The molecule has 3 heterocycles. The minimum absolute atomic E-state index is 0.157. The number of alkyl halides is 3.